The van der Waals surface area contributed by atoms with Crippen LogP contribution in [0.2, 0.25) is 0 Å². The van der Waals surface area contributed by atoms with E-state index in [1.165, 1.54) is 23.5 Å². The summed E-state index contributed by atoms with van der Waals surface area (Å²) in [5, 5.41) is 13.9. The molecule has 0 spiro atoms. The molecule has 1 N–H and O–H groups in total. The van der Waals surface area contributed by atoms with Gasteiger partial charge in [-0.15, -0.1) is 22.9 Å². The number of nitro groups is 1. The molecule has 2 aromatic rings. The largest absolute Gasteiger partial charge is 0.302 e. The van der Waals surface area contributed by atoms with E-state index < -0.39 is 4.92 Å². The van der Waals surface area contributed by atoms with Gasteiger partial charge in [-0.05, 0) is 5.56 Å². The van der Waals surface area contributed by atoms with Gasteiger partial charge in [-0.2, -0.15) is 0 Å². The third-order valence-corrected chi connectivity index (χ3v) is 3.72. The summed E-state index contributed by atoms with van der Waals surface area (Å²) in [6, 6.07) is 6.45. The van der Waals surface area contributed by atoms with Crippen LogP contribution in [0.4, 0.5) is 10.8 Å². The summed E-state index contributed by atoms with van der Waals surface area (Å²) in [7, 11) is 0. The van der Waals surface area contributed by atoms with Gasteiger partial charge in [-0.25, -0.2) is 4.98 Å². The van der Waals surface area contributed by atoms with Crippen molar-refractivity contribution in [1.29, 1.82) is 0 Å². The molecule has 1 aromatic heterocycles. The summed E-state index contributed by atoms with van der Waals surface area (Å²) in [6.07, 6.45) is 2.42. The van der Waals surface area contributed by atoms with Crippen LogP contribution >= 0.6 is 22.9 Å². The first-order valence-electron chi connectivity index (χ1n) is 6.12. The monoisotopic (exact) mass is 325 g/mol. The van der Waals surface area contributed by atoms with Crippen LogP contribution in [0.5, 0.6) is 0 Å². The van der Waals surface area contributed by atoms with E-state index in [9.17, 15) is 14.9 Å². The van der Waals surface area contributed by atoms with Gasteiger partial charge in [0, 0.05) is 41.9 Å². The maximum Gasteiger partial charge on any atom is 0.269 e. The Kier molecular flexibility index (Phi) is 5.24. The average Bonchev–Trinajstić information content (AvgIpc) is 2.86. The number of alkyl halides is 1. The van der Waals surface area contributed by atoms with Crippen molar-refractivity contribution in [2.75, 3.05) is 11.2 Å². The minimum absolute atomic E-state index is 0.0626. The zero-order valence-electron chi connectivity index (χ0n) is 10.9. The van der Waals surface area contributed by atoms with E-state index in [1.807, 2.05) is 6.07 Å². The molecule has 0 aliphatic heterocycles. The van der Waals surface area contributed by atoms with Crippen LogP contribution in [0.1, 0.15) is 16.9 Å². The van der Waals surface area contributed by atoms with E-state index >= 15 is 0 Å². The van der Waals surface area contributed by atoms with Crippen LogP contribution in [0.25, 0.3) is 0 Å². The lowest BCUT2D eigenvalue weighted by Crippen LogP contribution is -2.11. The number of nitrogens with zero attached hydrogens (tertiary/aromatic N) is 2. The van der Waals surface area contributed by atoms with Crippen molar-refractivity contribution in [2.24, 2.45) is 0 Å². The maximum atomic E-state index is 11.4. The van der Waals surface area contributed by atoms with Gasteiger partial charge >= 0.3 is 0 Å². The molecule has 0 aliphatic rings. The molecule has 6 nitrogen and oxygen atoms in total. The molecule has 0 atom stereocenters. The third-order valence-electron chi connectivity index (χ3n) is 2.62. The number of nitrogens with one attached hydrogen (secondary N) is 1. The van der Waals surface area contributed by atoms with Crippen LogP contribution in [0.3, 0.4) is 0 Å². The number of aromatic nitrogens is 1. The predicted octanol–water partition coefficient (Wildman–Crippen LogP) is 3.21. The van der Waals surface area contributed by atoms with Crippen molar-refractivity contribution in [3.63, 3.8) is 0 Å². The van der Waals surface area contributed by atoms with Crippen molar-refractivity contribution in [3.8, 4) is 0 Å². The molecular formula is C13H12ClN3O3S. The highest BCUT2D eigenvalue weighted by Gasteiger charge is 2.09. The second kappa shape index (κ2) is 7.14. The molecule has 1 amide bonds. The minimum Gasteiger partial charge on any atom is -0.302 e. The van der Waals surface area contributed by atoms with Crippen LogP contribution < -0.4 is 5.32 Å². The molecule has 0 saturated heterocycles. The molecular weight excluding hydrogens is 314 g/mol. The summed E-state index contributed by atoms with van der Waals surface area (Å²) in [6.45, 7) is 0. The summed E-state index contributed by atoms with van der Waals surface area (Å²) >= 11 is 6.82. The highest BCUT2D eigenvalue weighted by molar-refractivity contribution is 7.15. The van der Waals surface area contributed by atoms with E-state index in [0.717, 1.165) is 10.4 Å². The van der Waals surface area contributed by atoms with Gasteiger partial charge in [0.1, 0.15) is 0 Å². The van der Waals surface area contributed by atoms with Crippen LogP contribution in [-0.4, -0.2) is 21.7 Å². The number of hydrogen-bond donors (Lipinski definition) is 1. The summed E-state index contributed by atoms with van der Waals surface area (Å²) in [4.78, 5) is 26.7. The fraction of sp³-hybridized carbons (Fsp3) is 0.231. The summed E-state index contributed by atoms with van der Waals surface area (Å²) in [5.74, 6) is 0.0823. The lowest BCUT2D eigenvalue weighted by Gasteiger charge is -1.99. The second-order valence-electron chi connectivity index (χ2n) is 4.22. The molecule has 1 aromatic carbocycles. The smallest absolute Gasteiger partial charge is 0.269 e. The van der Waals surface area contributed by atoms with Crippen molar-refractivity contribution in [2.45, 2.75) is 12.8 Å². The zero-order valence-corrected chi connectivity index (χ0v) is 12.5. The van der Waals surface area contributed by atoms with Crippen molar-refractivity contribution in [1.82, 2.24) is 4.98 Å². The zero-order chi connectivity index (χ0) is 15.2. The molecule has 8 heteroatoms. The van der Waals surface area contributed by atoms with Gasteiger partial charge in [-0.1, -0.05) is 12.1 Å². The maximum absolute atomic E-state index is 11.4. The van der Waals surface area contributed by atoms with Gasteiger partial charge in [-0.3, -0.25) is 14.9 Å². The fourth-order valence-electron chi connectivity index (χ4n) is 1.70. The highest BCUT2D eigenvalue weighted by Crippen LogP contribution is 2.23. The Bertz CT molecular complexity index is 660. The Morgan fingerprint density at radius 2 is 2.29 bits per heavy atom. The van der Waals surface area contributed by atoms with Gasteiger partial charge in [0.25, 0.3) is 5.69 Å². The van der Waals surface area contributed by atoms with E-state index in [2.05, 4.69) is 10.3 Å². The van der Waals surface area contributed by atoms with Gasteiger partial charge in [0.2, 0.25) is 5.91 Å². The first-order valence-corrected chi connectivity index (χ1v) is 7.47. The van der Waals surface area contributed by atoms with Crippen molar-refractivity contribution >= 4 is 39.7 Å². The molecule has 110 valence electrons. The molecule has 0 unspecified atom stereocenters. The number of anilines is 1. The lowest BCUT2D eigenvalue weighted by molar-refractivity contribution is -0.384. The number of non-ortho nitro benzene ring substituents is 1. The van der Waals surface area contributed by atoms with Crippen LogP contribution in [0.15, 0.2) is 30.5 Å². The van der Waals surface area contributed by atoms with Crippen molar-refractivity contribution < 1.29 is 9.72 Å². The van der Waals surface area contributed by atoms with Crippen LogP contribution in [-0.2, 0) is 11.2 Å². The first kappa shape index (κ1) is 15.4. The number of nitro benzene ring substituents is 1. The number of benzene rings is 1. The Balaban J connectivity index is 2.04. The molecule has 0 aliphatic carbocycles. The minimum atomic E-state index is -0.423. The number of hydrogen-bond acceptors (Lipinski definition) is 5. The molecule has 0 radical (unpaired) electrons. The SMILES string of the molecule is O=C(CCCl)Nc1ncc(Cc2cccc([N+](=O)[O-])c2)s1. The number of carbonyl (C=O) groups excluding carboxylic acids is 1. The molecule has 2 rings (SSSR count). The Morgan fingerprint density at radius 3 is 3.00 bits per heavy atom. The summed E-state index contributed by atoms with van der Waals surface area (Å²) in [5.41, 5.74) is 0.888. The van der Waals surface area contributed by atoms with Gasteiger partial charge in [0.05, 0.1) is 4.92 Å². The molecule has 21 heavy (non-hydrogen) atoms. The third kappa shape index (κ3) is 4.51. The number of halogens is 1. The average molecular weight is 326 g/mol. The topological polar surface area (TPSA) is 85.1 Å². The Morgan fingerprint density at radius 1 is 1.48 bits per heavy atom. The first-order chi connectivity index (χ1) is 10.1. The summed E-state index contributed by atoms with van der Waals surface area (Å²) < 4.78 is 0. The number of carbonyl (C=O) groups is 1. The van der Waals surface area contributed by atoms with E-state index in [-0.39, 0.29) is 23.9 Å². The molecule has 1 heterocycles. The number of thiazole rings is 1. The Hall–Kier alpha value is -1.99. The predicted molar refractivity (Wildman–Crippen MR) is 82.0 cm³/mol. The highest BCUT2D eigenvalue weighted by atomic mass is 35.5. The number of rotatable bonds is 6. The fourth-order valence-corrected chi connectivity index (χ4v) is 2.73. The van der Waals surface area contributed by atoms with Crippen molar-refractivity contribution in [3.05, 3.63) is 51.0 Å². The normalized spacial score (nSPS) is 10.3. The number of amides is 1. The van der Waals surface area contributed by atoms with E-state index in [0.29, 0.717) is 11.6 Å². The van der Waals surface area contributed by atoms with Gasteiger partial charge in [0.15, 0.2) is 5.13 Å². The quantitative estimate of drug-likeness (QED) is 0.502. The van der Waals surface area contributed by atoms with E-state index in [4.69, 9.17) is 11.6 Å². The molecule has 0 fully saturated rings. The lowest BCUT2D eigenvalue weighted by atomic mass is 10.1. The standard InChI is InChI=1S/C13H12ClN3O3S/c14-5-4-12(18)16-13-15-8-11(21-13)7-9-2-1-3-10(6-9)17(19)20/h1-3,6,8H,4-5,7H2,(H,15,16,18). The molecule has 0 bridgehead atoms. The second-order valence-corrected chi connectivity index (χ2v) is 5.72. The molecule has 0 saturated carbocycles. The van der Waals surface area contributed by atoms with Gasteiger partial charge < -0.3 is 5.32 Å². The Labute approximate surface area is 129 Å². The van der Waals surface area contributed by atoms with E-state index in [1.54, 1.807) is 12.3 Å². The van der Waals surface area contributed by atoms with Crippen LogP contribution in [0, 0.1) is 10.1 Å².